The molecule has 0 unspecified atom stereocenters. The van der Waals surface area contributed by atoms with Gasteiger partial charge in [-0.15, -0.1) is 0 Å². The fourth-order valence-corrected chi connectivity index (χ4v) is 3.79. The molecule has 0 spiro atoms. The number of rotatable bonds is 9. The third kappa shape index (κ3) is 5.00. The Morgan fingerprint density at radius 1 is 1.18 bits per heavy atom. The number of aromatic nitrogens is 2. The lowest BCUT2D eigenvalue weighted by Gasteiger charge is -2.40. The molecular weight excluding hydrogens is 438 g/mol. The normalized spacial score (nSPS) is 17.4. The minimum absolute atomic E-state index is 0.100. The van der Waals surface area contributed by atoms with Crippen molar-refractivity contribution in [2.45, 2.75) is 45.8 Å². The molecule has 0 fully saturated rings. The molecule has 2 aromatic rings. The molecule has 3 rings (SSSR count). The maximum atomic E-state index is 13.0. The van der Waals surface area contributed by atoms with Crippen molar-refractivity contribution in [1.82, 2.24) is 25.3 Å². The van der Waals surface area contributed by atoms with E-state index in [-0.39, 0.29) is 36.3 Å². The molecule has 0 saturated carbocycles. The molecule has 2 heterocycles. The lowest BCUT2D eigenvalue weighted by atomic mass is 9.95. The topological polar surface area (TPSA) is 115 Å². The SMILES string of the molecule is COc1ccc(OC)c(CNC(=O)c2cc3n(n2)C[C@@](C)(C(=O)NCCC(C)C)N(C)C3=O)c1. The van der Waals surface area contributed by atoms with E-state index < -0.39 is 11.4 Å². The van der Waals surface area contributed by atoms with E-state index in [4.69, 9.17) is 9.47 Å². The van der Waals surface area contributed by atoms with Crippen LogP contribution < -0.4 is 20.1 Å². The van der Waals surface area contributed by atoms with Crippen molar-refractivity contribution < 1.29 is 23.9 Å². The molecule has 0 saturated heterocycles. The van der Waals surface area contributed by atoms with E-state index in [1.54, 1.807) is 46.4 Å². The molecule has 3 amide bonds. The molecule has 1 aromatic heterocycles. The number of ether oxygens (including phenoxy) is 2. The molecular formula is C24H33N5O5. The zero-order chi connectivity index (χ0) is 25.0. The maximum absolute atomic E-state index is 13.0. The number of amides is 3. The lowest BCUT2D eigenvalue weighted by molar-refractivity contribution is -0.132. The van der Waals surface area contributed by atoms with Gasteiger partial charge < -0.3 is 25.0 Å². The Kier molecular flexibility index (Phi) is 7.48. The summed E-state index contributed by atoms with van der Waals surface area (Å²) in [5, 5.41) is 10.1. The van der Waals surface area contributed by atoms with Crippen LogP contribution in [-0.4, -0.2) is 65.8 Å². The van der Waals surface area contributed by atoms with Gasteiger partial charge in [-0.2, -0.15) is 5.10 Å². The molecule has 10 heteroatoms. The number of hydrogen-bond acceptors (Lipinski definition) is 6. The van der Waals surface area contributed by atoms with Gasteiger partial charge in [-0.1, -0.05) is 13.8 Å². The minimum Gasteiger partial charge on any atom is -0.497 e. The third-order valence-corrected chi connectivity index (χ3v) is 6.16. The highest BCUT2D eigenvalue weighted by molar-refractivity contribution is 6.01. The van der Waals surface area contributed by atoms with Crippen LogP contribution in [0.1, 0.15) is 53.7 Å². The van der Waals surface area contributed by atoms with E-state index in [1.807, 2.05) is 0 Å². The van der Waals surface area contributed by atoms with Crippen LogP contribution in [0.25, 0.3) is 0 Å². The summed E-state index contributed by atoms with van der Waals surface area (Å²) in [6, 6.07) is 6.76. The lowest BCUT2D eigenvalue weighted by Crippen LogP contribution is -2.62. The first-order chi connectivity index (χ1) is 16.1. The summed E-state index contributed by atoms with van der Waals surface area (Å²) >= 11 is 0. The molecule has 1 aliphatic heterocycles. The summed E-state index contributed by atoms with van der Waals surface area (Å²) in [4.78, 5) is 40.2. The average molecular weight is 472 g/mol. The van der Waals surface area contributed by atoms with Crippen LogP contribution in [0.3, 0.4) is 0 Å². The number of likely N-dealkylation sites (N-methyl/N-ethyl adjacent to an activating group) is 1. The summed E-state index contributed by atoms with van der Waals surface area (Å²) in [6.07, 6.45) is 0.842. The first kappa shape index (κ1) is 25.1. The van der Waals surface area contributed by atoms with E-state index in [2.05, 4.69) is 29.6 Å². The van der Waals surface area contributed by atoms with Gasteiger partial charge in [0, 0.05) is 31.8 Å². The third-order valence-electron chi connectivity index (χ3n) is 6.16. The Labute approximate surface area is 199 Å². The zero-order valence-electron chi connectivity index (χ0n) is 20.6. The van der Waals surface area contributed by atoms with Crippen molar-refractivity contribution in [3.63, 3.8) is 0 Å². The summed E-state index contributed by atoms with van der Waals surface area (Å²) in [6.45, 7) is 6.73. The van der Waals surface area contributed by atoms with E-state index in [0.717, 1.165) is 12.0 Å². The highest BCUT2D eigenvalue weighted by atomic mass is 16.5. The molecule has 34 heavy (non-hydrogen) atoms. The second-order valence-corrected chi connectivity index (χ2v) is 9.01. The van der Waals surface area contributed by atoms with Crippen LogP contribution in [0, 0.1) is 5.92 Å². The van der Waals surface area contributed by atoms with Crippen LogP contribution in [0.2, 0.25) is 0 Å². The molecule has 10 nitrogen and oxygen atoms in total. The Bertz CT molecular complexity index is 1080. The van der Waals surface area contributed by atoms with Gasteiger partial charge >= 0.3 is 0 Å². The summed E-state index contributed by atoms with van der Waals surface area (Å²) < 4.78 is 12.0. The zero-order valence-corrected chi connectivity index (χ0v) is 20.6. The van der Waals surface area contributed by atoms with Gasteiger partial charge in [0.15, 0.2) is 5.69 Å². The second-order valence-electron chi connectivity index (χ2n) is 9.01. The number of hydrogen-bond donors (Lipinski definition) is 2. The number of fused-ring (bicyclic) bond motifs is 1. The Morgan fingerprint density at radius 3 is 2.56 bits per heavy atom. The van der Waals surface area contributed by atoms with E-state index in [9.17, 15) is 14.4 Å². The highest BCUT2D eigenvalue weighted by Gasteiger charge is 2.46. The Morgan fingerprint density at radius 2 is 1.91 bits per heavy atom. The molecule has 0 radical (unpaired) electrons. The predicted octanol–water partition coefficient (Wildman–Crippen LogP) is 1.84. The van der Waals surface area contributed by atoms with Gasteiger partial charge in [-0.05, 0) is 37.5 Å². The number of nitrogens with zero attached hydrogens (tertiary/aromatic N) is 3. The molecule has 1 aromatic carbocycles. The van der Waals surface area contributed by atoms with Gasteiger partial charge in [0.05, 0.1) is 20.8 Å². The second kappa shape index (κ2) is 10.1. The van der Waals surface area contributed by atoms with Gasteiger partial charge in [0.25, 0.3) is 11.8 Å². The van der Waals surface area contributed by atoms with Crippen molar-refractivity contribution in [3.05, 3.63) is 41.2 Å². The fraction of sp³-hybridized carbons (Fsp3) is 0.500. The van der Waals surface area contributed by atoms with Crippen LogP contribution in [-0.2, 0) is 17.9 Å². The first-order valence-electron chi connectivity index (χ1n) is 11.2. The van der Waals surface area contributed by atoms with E-state index in [0.29, 0.717) is 24.0 Å². The smallest absolute Gasteiger partial charge is 0.272 e. The molecule has 1 aliphatic rings. The molecule has 184 valence electrons. The van der Waals surface area contributed by atoms with Crippen molar-refractivity contribution >= 4 is 17.7 Å². The van der Waals surface area contributed by atoms with Gasteiger partial charge in [-0.25, -0.2) is 0 Å². The van der Waals surface area contributed by atoms with Crippen molar-refractivity contribution in [3.8, 4) is 11.5 Å². The molecule has 2 N–H and O–H groups in total. The first-order valence-corrected chi connectivity index (χ1v) is 11.2. The number of carbonyl (C=O) groups is 3. The van der Waals surface area contributed by atoms with Gasteiger partial charge in [0.2, 0.25) is 5.91 Å². The summed E-state index contributed by atoms with van der Waals surface area (Å²) in [7, 11) is 4.70. The quantitative estimate of drug-likeness (QED) is 0.577. The van der Waals surface area contributed by atoms with Crippen LogP contribution in [0.4, 0.5) is 0 Å². The van der Waals surface area contributed by atoms with Crippen LogP contribution >= 0.6 is 0 Å². The van der Waals surface area contributed by atoms with Gasteiger partial charge in [-0.3, -0.25) is 19.1 Å². The number of nitrogens with one attached hydrogen (secondary N) is 2. The van der Waals surface area contributed by atoms with Crippen LogP contribution in [0.15, 0.2) is 24.3 Å². The monoisotopic (exact) mass is 471 g/mol. The number of methoxy groups -OCH3 is 2. The summed E-state index contributed by atoms with van der Waals surface area (Å²) in [5.41, 5.74) is -0.0165. The van der Waals surface area contributed by atoms with Crippen molar-refractivity contribution in [2.75, 3.05) is 27.8 Å². The fourth-order valence-electron chi connectivity index (χ4n) is 3.79. The number of benzene rings is 1. The van der Waals surface area contributed by atoms with Crippen LogP contribution in [0.5, 0.6) is 11.5 Å². The summed E-state index contributed by atoms with van der Waals surface area (Å²) in [5.74, 6) is 0.651. The molecule has 0 aliphatic carbocycles. The van der Waals surface area contributed by atoms with E-state index >= 15 is 0 Å². The maximum Gasteiger partial charge on any atom is 0.272 e. The number of carbonyl (C=O) groups excluding carboxylic acids is 3. The van der Waals surface area contributed by atoms with Crippen molar-refractivity contribution in [1.29, 1.82) is 0 Å². The largest absolute Gasteiger partial charge is 0.497 e. The Balaban J connectivity index is 1.75. The molecule has 0 bridgehead atoms. The van der Waals surface area contributed by atoms with Gasteiger partial charge in [0.1, 0.15) is 22.7 Å². The standard InChI is InChI=1S/C24H33N5O5/c1-15(2)9-10-25-23(32)24(3)14-29-19(22(31)28(24)4)12-18(27-29)21(30)26-13-16-11-17(33-5)7-8-20(16)34-6/h7-8,11-12,15H,9-10,13-14H2,1-6H3,(H,25,32)(H,26,30)/t24-/m0/s1. The predicted molar refractivity (Wildman–Crippen MR) is 126 cm³/mol. The Hall–Kier alpha value is -3.56. The van der Waals surface area contributed by atoms with E-state index in [1.165, 1.54) is 15.6 Å². The van der Waals surface area contributed by atoms with Crippen molar-refractivity contribution in [2.24, 2.45) is 5.92 Å². The molecule has 1 atom stereocenters. The highest BCUT2D eigenvalue weighted by Crippen LogP contribution is 2.27. The minimum atomic E-state index is -1.12. The average Bonchev–Trinajstić information content (AvgIpc) is 3.24.